The molecular formula is C21H22ClN7S2. The molecule has 0 bridgehead atoms. The standard InChI is InChI=1S/C21H22ClN7S2/c22-16-8-3-2-7-15(16)14-25-20(30)28-19-26-17(29-11-4-1-5-12-29)13-18(27-19)31-21-23-9-6-10-24-21/h2-3,6-10,13H,1,4-5,11-12,14H2,(H2,25,26,27,28,30). The lowest BCUT2D eigenvalue weighted by Gasteiger charge is -2.28. The third kappa shape index (κ3) is 6.25. The van der Waals surface area contributed by atoms with Crippen LogP contribution in [0.3, 0.4) is 0 Å². The van der Waals surface area contributed by atoms with Crippen molar-refractivity contribution in [3.05, 3.63) is 59.4 Å². The van der Waals surface area contributed by atoms with Crippen LogP contribution < -0.4 is 15.5 Å². The Hall–Kier alpha value is -2.49. The van der Waals surface area contributed by atoms with Crippen LogP contribution in [-0.2, 0) is 6.54 Å². The van der Waals surface area contributed by atoms with Crippen LogP contribution >= 0.6 is 35.6 Å². The number of piperidine rings is 1. The predicted octanol–water partition coefficient (Wildman–Crippen LogP) is 4.55. The predicted molar refractivity (Wildman–Crippen MR) is 129 cm³/mol. The van der Waals surface area contributed by atoms with Crippen molar-refractivity contribution in [2.75, 3.05) is 23.3 Å². The number of benzene rings is 1. The Balaban J connectivity index is 1.50. The maximum absolute atomic E-state index is 6.22. The second-order valence-electron chi connectivity index (χ2n) is 6.97. The number of anilines is 2. The molecule has 0 unspecified atom stereocenters. The molecule has 3 aromatic rings. The number of hydrogen-bond donors (Lipinski definition) is 2. The smallest absolute Gasteiger partial charge is 0.232 e. The van der Waals surface area contributed by atoms with Crippen molar-refractivity contribution in [1.82, 2.24) is 25.3 Å². The van der Waals surface area contributed by atoms with Crippen LogP contribution in [0.15, 0.2) is 59.0 Å². The first kappa shape index (κ1) is 21.7. The van der Waals surface area contributed by atoms with Gasteiger partial charge in [-0.15, -0.1) is 0 Å². The van der Waals surface area contributed by atoms with E-state index in [2.05, 4.69) is 30.5 Å². The van der Waals surface area contributed by atoms with Crippen molar-refractivity contribution < 1.29 is 0 Å². The minimum atomic E-state index is 0.433. The Bertz CT molecular complexity index is 1030. The average molecular weight is 472 g/mol. The number of aromatic nitrogens is 4. The first-order chi connectivity index (χ1) is 15.2. The lowest BCUT2D eigenvalue weighted by atomic mass is 10.1. The maximum Gasteiger partial charge on any atom is 0.232 e. The second-order valence-corrected chi connectivity index (χ2v) is 8.77. The fourth-order valence-electron chi connectivity index (χ4n) is 3.20. The highest BCUT2D eigenvalue weighted by atomic mass is 35.5. The Morgan fingerprint density at radius 2 is 1.84 bits per heavy atom. The molecule has 4 rings (SSSR count). The van der Waals surface area contributed by atoms with Gasteiger partial charge in [-0.25, -0.2) is 15.0 Å². The van der Waals surface area contributed by atoms with Gasteiger partial charge in [-0.1, -0.05) is 29.8 Å². The molecule has 160 valence electrons. The summed E-state index contributed by atoms with van der Waals surface area (Å²) >= 11 is 13.1. The van der Waals surface area contributed by atoms with E-state index in [1.807, 2.05) is 30.3 Å². The molecule has 1 saturated heterocycles. The normalized spacial score (nSPS) is 13.6. The van der Waals surface area contributed by atoms with Crippen LogP contribution in [0.1, 0.15) is 24.8 Å². The molecule has 31 heavy (non-hydrogen) atoms. The number of halogens is 1. The molecule has 0 spiro atoms. The topological polar surface area (TPSA) is 78.9 Å². The van der Waals surface area contributed by atoms with Crippen LogP contribution in [0.4, 0.5) is 11.8 Å². The first-order valence-corrected chi connectivity index (χ1v) is 11.6. The van der Waals surface area contributed by atoms with Crippen molar-refractivity contribution in [2.45, 2.75) is 36.0 Å². The zero-order valence-electron chi connectivity index (χ0n) is 16.8. The summed E-state index contributed by atoms with van der Waals surface area (Å²) in [6.45, 7) is 2.48. The molecule has 0 radical (unpaired) electrons. The van der Waals surface area contributed by atoms with Gasteiger partial charge in [-0.05, 0) is 60.9 Å². The summed E-state index contributed by atoms with van der Waals surface area (Å²) in [5.74, 6) is 1.32. The molecule has 1 fully saturated rings. The van der Waals surface area contributed by atoms with Gasteiger partial charge in [-0.2, -0.15) is 4.98 Å². The number of nitrogens with zero attached hydrogens (tertiary/aromatic N) is 5. The minimum Gasteiger partial charge on any atom is -0.358 e. The van der Waals surface area contributed by atoms with Gasteiger partial charge >= 0.3 is 0 Å². The molecule has 1 aromatic carbocycles. The number of thiocarbonyl (C=S) groups is 1. The monoisotopic (exact) mass is 471 g/mol. The molecule has 10 heteroatoms. The minimum absolute atomic E-state index is 0.433. The van der Waals surface area contributed by atoms with Gasteiger partial charge in [0.1, 0.15) is 10.8 Å². The second kappa shape index (κ2) is 10.7. The SMILES string of the molecule is S=C(NCc1ccccc1Cl)Nc1nc(Sc2ncccn2)cc(N2CCCCC2)n1. The molecule has 2 N–H and O–H groups in total. The number of nitrogens with one attached hydrogen (secondary N) is 2. The lowest BCUT2D eigenvalue weighted by Crippen LogP contribution is -2.32. The highest BCUT2D eigenvalue weighted by Gasteiger charge is 2.16. The van der Waals surface area contributed by atoms with Gasteiger partial charge in [0.15, 0.2) is 10.3 Å². The summed E-state index contributed by atoms with van der Waals surface area (Å²) < 4.78 is 0. The first-order valence-electron chi connectivity index (χ1n) is 10.0. The van der Waals surface area contributed by atoms with Gasteiger partial charge in [0.25, 0.3) is 0 Å². The van der Waals surface area contributed by atoms with Crippen LogP contribution in [0.5, 0.6) is 0 Å². The third-order valence-corrected chi connectivity index (χ3v) is 6.16. The molecular weight excluding hydrogens is 450 g/mol. The summed E-state index contributed by atoms with van der Waals surface area (Å²) in [7, 11) is 0. The highest BCUT2D eigenvalue weighted by molar-refractivity contribution is 7.99. The maximum atomic E-state index is 6.22. The van der Waals surface area contributed by atoms with E-state index in [0.29, 0.717) is 27.8 Å². The Kier molecular flexibility index (Phi) is 7.50. The van der Waals surface area contributed by atoms with Crippen molar-refractivity contribution in [2.24, 2.45) is 0 Å². The van der Waals surface area contributed by atoms with E-state index < -0.39 is 0 Å². The molecule has 3 heterocycles. The molecule has 1 aliphatic heterocycles. The molecule has 0 saturated carbocycles. The Morgan fingerprint density at radius 3 is 2.61 bits per heavy atom. The van der Waals surface area contributed by atoms with E-state index >= 15 is 0 Å². The quantitative estimate of drug-likeness (QED) is 0.305. The van der Waals surface area contributed by atoms with E-state index in [9.17, 15) is 0 Å². The molecule has 1 aliphatic rings. The summed E-state index contributed by atoms with van der Waals surface area (Å²) in [6.07, 6.45) is 7.01. The van der Waals surface area contributed by atoms with Gasteiger partial charge in [0.2, 0.25) is 5.95 Å². The van der Waals surface area contributed by atoms with E-state index in [1.54, 1.807) is 18.5 Å². The van der Waals surface area contributed by atoms with Gasteiger partial charge in [0, 0.05) is 43.1 Å². The number of rotatable bonds is 6. The van der Waals surface area contributed by atoms with E-state index in [4.69, 9.17) is 28.8 Å². The zero-order valence-corrected chi connectivity index (χ0v) is 19.2. The lowest BCUT2D eigenvalue weighted by molar-refractivity contribution is 0.572. The summed E-state index contributed by atoms with van der Waals surface area (Å²) in [6, 6.07) is 11.4. The molecule has 0 amide bonds. The van der Waals surface area contributed by atoms with Crippen LogP contribution in [0.25, 0.3) is 0 Å². The molecule has 0 aliphatic carbocycles. The Labute approximate surface area is 196 Å². The fraction of sp³-hybridized carbons (Fsp3) is 0.286. The Morgan fingerprint density at radius 1 is 1.06 bits per heavy atom. The van der Waals surface area contributed by atoms with Crippen LogP contribution in [0.2, 0.25) is 5.02 Å². The fourth-order valence-corrected chi connectivity index (χ4v) is 4.28. The molecule has 2 aromatic heterocycles. The van der Waals surface area contributed by atoms with Crippen molar-refractivity contribution >= 4 is 52.5 Å². The van der Waals surface area contributed by atoms with Gasteiger partial charge in [-0.3, -0.25) is 0 Å². The summed E-state index contributed by atoms with van der Waals surface area (Å²) in [4.78, 5) is 20.2. The molecule has 0 atom stereocenters. The van der Waals surface area contributed by atoms with Crippen LogP contribution in [-0.4, -0.2) is 38.1 Å². The average Bonchev–Trinajstić information content (AvgIpc) is 2.80. The van der Waals surface area contributed by atoms with Gasteiger partial charge < -0.3 is 15.5 Å². The van der Waals surface area contributed by atoms with Crippen molar-refractivity contribution in [3.8, 4) is 0 Å². The highest BCUT2D eigenvalue weighted by Crippen LogP contribution is 2.28. The van der Waals surface area contributed by atoms with Crippen molar-refractivity contribution in [1.29, 1.82) is 0 Å². The zero-order chi connectivity index (χ0) is 21.5. The van der Waals surface area contributed by atoms with E-state index in [-0.39, 0.29) is 0 Å². The molecule has 7 nitrogen and oxygen atoms in total. The largest absolute Gasteiger partial charge is 0.358 e. The van der Waals surface area contributed by atoms with E-state index in [0.717, 1.165) is 42.3 Å². The third-order valence-electron chi connectivity index (χ3n) is 4.73. The van der Waals surface area contributed by atoms with Crippen LogP contribution in [0, 0.1) is 0 Å². The van der Waals surface area contributed by atoms with Gasteiger partial charge in [0.05, 0.1) is 0 Å². The van der Waals surface area contributed by atoms with E-state index in [1.165, 1.54) is 18.2 Å². The number of hydrogen-bond acceptors (Lipinski definition) is 7. The van der Waals surface area contributed by atoms with Crippen molar-refractivity contribution in [3.63, 3.8) is 0 Å². The summed E-state index contributed by atoms with van der Waals surface area (Å²) in [5.41, 5.74) is 0.966. The summed E-state index contributed by atoms with van der Waals surface area (Å²) in [5, 5.41) is 8.81.